The molecule has 0 aliphatic carbocycles. The van der Waals surface area contributed by atoms with Gasteiger partial charge in [0.05, 0.1) is 17.3 Å². The highest BCUT2D eigenvalue weighted by molar-refractivity contribution is 6.31. The van der Waals surface area contributed by atoms with E-state index in [0.717, 1.165) is 32.0 Å². The fraction of sp³-hybridized carbons (Fsp3) is 0.643. The first-order chi connectivity index (χ1) is 9.15. The lowest BCUT2D eigenvalue weighted by molar-refractivity contribution is 0.192. The van der Waals surface area contributed by atoms with E-state index in [1.165, 1.54) is 6.42 Å². The molecule has 1 saturated heterocycles. The topological polar surface area (TPSA) is 39.6 Å². The van der Waals surface area contributed by atoms with Gasteiger partial charge in [-0.25, -0.2) is 4.98 Å². The second kappa shape index (κ2) is 6.55. The standard InChI is InChI=1S/C14H22ClN3O/c1-3-11(2)17-6-8-18(9-7-17)14-5-4-12(15)13(10-19)16-14/h4-5,11,19H,3,6-10H2,1-2H3. The minimum absolute atomic E-state index is 0.112. The highest BCUT2D eigenvalue weighted by Crippen LogP contribution is 2.21. The van der Waals surface area contributed by atoms with Crippen molar-refractivity contribution in [2.45, 2.75) is 32.9 Å². The molecule has 5 heteroatoms. The van der Waals surface area contributed by atoms with Crippen LogP contribution in [0, 0.1) is 0 Å². The van der Waals surface area contributed by atoms with Crippen molar-refractivity contribution >= 4 is 17.4 Å². The number of aliphatic hydroxyl groups is 1. The van der Waals surface area contributed by atoms with Crippen molar-refractivity contribution < 1.29 is 5.11 Å². The van der Waals surface area contributed by atoms with E-state index in [1.807, 2.05) is 12.1 Å². The predicted molar refractivity (Wildman–Crippen MR) is 78.7 cm³/mol. The third-order valence-corrected chi connectivity index (χ3v) is 4.25. The normalized spacial score (nSPS) is 18.6. The Labute approximate surface area is 120 Å². The number of nitrogens with zero attached hydrogens (tertiary/aromatic N) is 3. The van der Waals surface area contributed by atoms with Crippen LogP contribution < -0.4 is 4.90 Å². The van der Waals surface area contributed by atoms with E-state index in [9.17, 15) is 5.11 Å². The maximum atomic E-state index is 9.21. The molecule has 0 radical (unpaired) electrons. The molecule has 1 atom stereocenters. The summed E-state index contributed by atoms with van der Waals surface area (Å²) in [4.78, 5) is 9.20. The number of hydrogen-bond acceptors (Lipinski definition) is 4. The van der Waals surface area contributed by atoms with Gasteiger partial charge in [-0.1, -0.05) is 18.5 Å². The van der Waals surface area contributed by atoms with Crippen molar-refractivity contribution in [3.8, 4) is 0 Å². The number of aromatic nitrogens is 1. The first-order valence-corrected chi connectivity index (χ1v) is 7.28. The summed E-state index contributed by atoms with van der Waals surface area (Å²) in [6.45, 7) is 8.47. The molecule has 106 valence electrons. The smallest absolute Gasteiger partial charge is 0.129 e. The largest absolute Gasteiger partial charge is 0.390 e. The SMILES string of the molecule is CCC(C)N1CCN(c2ccc(Cl)c(CO)n2)CC1. The molecule has 4 nitrogen and oxygen atoms in total. The fourth-order valence-corrected chi connectivity index (χ4v) is 2.57. The zero-order chi connectivity index (χ0) is 13.8. The van der Waals surface area contributed by atoms with Crippen LogP contribution in [0.5, 0.6) is 0 Å². The van der Waals surface area contributed by atoms with E-state index in [-0.39, 0.29) is 6.61 Å². The number of aliphatic hydroxyl groups excluding tert-OH is 1. The third kappa shape index (κ3) is 3.38. The van der Waals surface area contributed by atoms with Crippen LogP contribution in [0.1, 0.15) is 26.0 Å². The van der Waals surface area contributed by atoms with E-state index in [4.69, 9.17) is 11.6 Å². The van der Waals surface area contributed by atoms with Gasteiger partial charge < -0.3 is 10.0 Å². The first kappa shape index (κ1) is 14.6. The second-order valence-electron chi connectivity index (χ2n) is 5.04. The predicted octanol–water partition coefficient (Wildman–Crippen LogP) is 2.15. The molecule has 0 saturated carbocycles. The zero-order valence-electron chi connectivity index (χ0n) is 11.6. The monoisotopic (exact) mass is 283 g/mol. The quantitative estimate of drug-likeness (QED) is 0.919. The van der Waals surface area contributed by atoms with Gasteiger partial charge in [0.2, 0.25) is 0 Å². The summed E-state index contributed by atoms with van der Waals surface area (Å²) in [5.74, 6) is 0.914. The molecular formula is C14H22ClN3O. The Morgan fingerprint density at radius 1 is 1.32 bits per heavy atom. The van der Waals surface area contributed by atoms with Crippen molar-refractivity contribution in [1.82, 2.24) is 9.88 Å². The lowest BCUT2D eigenvalue weighted by atomic mass is 10.2. The van der Waals surface area contributed by atoms with Crippen LogP contribution in [0.3, 0.4) is 0 Å². The van der Waals surface area contributed by atoms with Crippen molar-refractivity contribution in [2.75, 3.05) is 31.1 Å². The molecule has 0 aromatic carbocycles. The Balaban J connectivity index is 2.01. The molecule has 19 heavy (non-hydrogen) atoms. The Bertz CT molecular complexity index is 419. The van der Waals surface area contributed by atoms with Crippen LogP contribution in [-0.2, 0) is 6.61 Å². The Kier molecular flexibility index (Phi) is 5.02. The summed E-state index contributed by atoms with van der Waals surface area (Å²) >= 11 is 5.97. The molecule has 1 aliphatic rings. The average Bonchev–Trinajstić information content (AvgIpc) is 2.47. The van der Waals surface area contributed by atoms with Crippen molar-refractivity contribution in [1.29, 1.82) is 0 Å². The van der Waals surface area contributed by atoms with Gasteiger partial charge in [-0.3, -0.25) is 4.90 Å². The maximum Gasteiger partial charge on any atom is 0.129 e. The van der Waals surface area contributed by atoms with Crippen molar-refractivity contribution in [3.63, 3.8) is 0 Å². The number of piperazine rings is 1. The van der Waals surface area contributed by atoms with Gasteiger partial charge in [0.25, 0.3) is 0 Å². The van der Waals surface area contributed by atoms with Crippen LogP contribution in [0.15, 0.2) is 12.1 Å². The highest BCUT2D eigenvalue weighted by Gasteiger charge is 2.21. The Morgan fingerprint density at radius 2 is 2.00 bits per heavy atom. The maximum absolute atomic E-state index is 9.21. The Morgan fingerprint density at radius 3 is 2.58 bits per heavy atom. The number of anilines is 1. The summed E-state index contributed by atoms with van der Waals surface area (Å²) < 4.78 is 0. The van der Waals surface area contributed by atoms with Crippen molar-refractivity contribution in [2.24, 2.45) is 0 Å². The van der Waals surface area contributed by atoms with Crippen molar-refractivity contribution in [3.05, 3.63) is 22.8 Å². The molecule has 0 spiro atoms. The number of hydrogen-bond donors (Lipinski definition) is 1. The highest BCUT2D eigenvalue weighted by atomic mass is 35.5. The minimum atomic E-state index is -0.112. The van der Waals surface area contributed by atoms with Crippen LogP contribution >= 0.6 is 11.6 Å². The van der Waals surface area contributed by atoms with E-state index in [2.05, 4.69) is 28.6 Å². The lowest BCUT2D eigenvalue weighted by Gasteiger charge is -2.38. The van der Waals surface area contributed by atoms with Crippen LogP contribution in [-0.4, -0.2) is 47.2 Å². The molecule has 2 heterocycles. The third-order valence-electron chi connectivity index (χ3n) is 3.91. The molecule has 1 aromatic rings. The number of halogens is 1. The molecule has 1 aliphatic heterocycles. The molecule has 1 fully saturated rings. The van der Waals surface area contributed by atoms with Gasteiger partial charge >= 0.3 is 0 Å². The molecule has 1 unspecified atom stereocenters. The summed E-state index contributed by atoms with van der Waals surface area (Å²) in [6.07, 6.45) is 1.19. The molecule has 1 aromatic heterocycles. The summed E-state index contributed by atoms with van der Waals surface area (Å²) in [7, 11) is 0. The van der Waals surface area contributed by atoms with Gasteiger partial charge in [0.15, 0.2) is 0 Å². The van der Waals surface area contributed by atoms with Gasteiger partial charge in [0.1, 0.15) is 5.82 Å². The summed E-state index contributed by atoms with van der Waals surface area (Å²) in [5.41, 5.74) is 0.559. The van der Waals surface area contributed by atoms with Gasteiger partial charge in [-0.2, -0.15) is 0 Å². The van der Waals surface area contributed by atoms with E-state index in [1.54, 1.807) is 0 Å². The zero-order valence-corrected chi connectivity index (χ0v) is 12.4. The van der Waals surface area contributed by atoms with E-state index < -0.39 is 0 Å². The first-order valence-electron chi connectivity index (χ1n) is 6.91. The number of rotatable bonds is 4. The molecule has 0 amide bonds. The fourth-order valence-electron chi connectivity index (χ4n) is 2.41. The molecular weight excluding hydrogens is 262 g/mol. The van der Waals surface area contributed by atoms with Crippen LogP contribution in [0.2, 0.25) is 5.02 Å². The minimum Gasteiger partial charge on any atom is -0.390 e. The average molecular weight is 284 g/mol. The van der Waals surface area contributed by atoms with Gasteiger partial charge in [-0.15, -0.1) is 0 Å². The lowest BCUT2D eigenvalue weighted by Crippen LogP contribution is -2.49. The van der Waals surface area contributed by atoms with Crippen LogP contribution in [0.25, 0.3) is 0 Å². The second-order valence-corrected chi connectivity index (χ2v) is 5.44. The van der Waals surface area contributed by atoms with E-state index in [0.29, 0.717) is 16.8 Å². The molecule has 1 N–H and O–H groups in total. The summed E-state index contributed by atoms with van der Waals surface area (Å²) in [6, 6.07) is 4.39. The van der Waals surface area contributed by atoms with Gasteiger partial charge in [0, 0.05) is 32.2 Å². The summed E-state index contributed by atoms with van der Waals surface area (Å²) in [5, 5.41) is 9.75. The van der Waals surface area contributed by atoms with Gasteiger partial charge in [-0.05, 0) is 25.5 Å². The van der Waals surface area contributed by atoms with Crippen LogP contribution in [0.4, 0.5) is 5.82 Å². The Hall–Kier alpha value is -0.840. The van der Waals surface area contributed by atoms with E-state index >= 15 is 0 Å². The number of pyridine rings is 1. The molecule has 0 bridgehead atoms. The molecule has 2 rings (SSSR count).